The molecule has 0 aromatic carbocycles. The van der Waals surface area contributed by atoms with E-state index >= 15 is 0 Å². The number of carboxylic acids is 1. The molecule has 112 valence electrons. The molecule has 5 nitrogen and oxygen atoms in total. The van der Waals surface area contributed by atoms with E-state index in [1.807, 2.05) is 0 Å². The first-order valence-corrected chi connectivity index (χ1v) is 7.09. The number of hydrogen-bond donors (Lipinski definition) is 2. The van der Waals surface area contributed by atoms with Crippen molar-refractivity contribution in [2.45, 2.75) is 26.7 Å². The molecule has 0 atom stereocenters. The number of nitrogens with one attached hydrogen (secondary N) is 1. The normalized spacial score (nSPS) is 16.1. The minimum Gasteiger partial charge on any atom is -0.478 e. The number of carbonyl (C=O) groups excluding carboxylic acids is 1. The molecule has 1 aromatic heterocycles. The van der Waals surface area contributed by atoms with Gasteiger partial charge in [-0.1, -0.05) is 19.9 Å². The summed E-state index contributed by atoms with van der Waals surface area (Å²) in [6, 6.07) is 3.35. The summed E-state index contributed by atoms with van der Waals surface area (Å²) in [5.74, 6) is -0.776. The molecule has 1 saturated carbocycles. The number of carboxylic acid groups (broad SMARTS) is 1. The smallest absolute Gasteiger partial charge is 0.328 e. The largest absolute Gasteiger partial charge is 0.478 e. The molecule has 0 saturated heterocycles. The number of hydrogen-bond acceptors (Lipinski definition) is 3. The summed E-state index contributed by atoms with van der Waals surface area (Å²) in [5, 5.41) is 11.6. The van der Waals surface area contributed by atoms with Gasteiger partial charge < -0.3 is 10.4 Å². The Morgan fingerprint density at radius 3 is 2.76 bits per heavy atom. The number of pyridine rings is 1. The lowest BCUT2D eigenvalue weighted by Gasteiger charge is -2.20. The van der Waals surface area contributed by atoms with Gasteiger partial charge in [0.1, 0.15) is 5.69 Å². The molecule has 0 unspecified atom stereocenters. The van der Waals surface area contributed by atoms with Crippen LogP contribution in [0.3, 0.4) is 0 Å². The van der Waals surface area contributed by atoms with Crippen molar-refractivity contribution in [3.63, 3.8) is 0 Å². The summed E-state index contributed by atoms with van der Waals surface area (Å²) in [4.78, 5) is 26.9. The fourth-order valence-electron chi connectivity index (χ4n) is 2.36. The third-order valence-corrected chi connectivity index (χ3v) is 4.18. The third-order valence-electron chi connectivity index (χ3n) is 4.18. The summed E-state index contributed by atoms with van der Waals surface area (Å²) in [5.41, 5.74) is 0.989. The van der Waals surface area contributed by atoms with E-state index < -0.39 is 5.97 Å². The van der Waals surface area contributed by atoms with E-state index in [1.54, 1.807) is 12.1 Å². The molecule has 2 N–H and O–H groups in total. The fraction of sp³-hybridized carbons (Fsp3) is 0.438. The monoisotopic (exact) mass is 288 g/mol. The van der Waals surface area contributed by atoms with Crippen molar-refractivity contribution in [3.8, 4) is 0 Å². The molecule has 1 heterocycles. The van der Waals surface area contributed by atoms with Gasteiger partial charge in [0.15, 0.2) is 0 Å². The first-order valence-electron chi connectivity index (χ1n) is 7.09. The lowest BCUT2D eigenvalue weighted by molar-refractivity contribution is -0.131. The predicted molar refractivity (Wildman–Crippen MR) is 79.7 cm³/mol. The molecule has 1 aromatic rings. The highest BCUT2D eigenvalue weighted by molar-refractivity contribution is 5.97. The van der Waals surface area contributed by atoms with Gasteiger partial charge in [-0.3, -0.25) is 9.78 Å². The Labute approximate surface area is 124 Å². The third kappa shape index (κ3) is 3.68. The highest BCUT2D eigenvalue weighted by atomic mass is 16.4. The Morgan fingerprint density at radius 1 is 1.48 bits per heavy atom. The molecule has 1 amide bonds. The number of nitrogens with zero attached hydrogens (tertiary/aromatic N) is 1. The van der Waals surface area contributed by atoms with Crippen LogP contribution in [0.1, 0.15) is 42.7 Å². The number of rotatable bonds is 6. The lowest BCUT2D eigenvalue weighted by Crippen LogP contribution is -2.33. The van der Waals surface area contributed by atoms with Gasteiger partial charge in [-0.25, -0.2) is 4.79 Å². The molecule has 1 aliphatic carbocycles. The van der Waals surface area contributed by atoms with Crippen molar-refractivity contribution in [2.24, 2.45) is 11.3 Å². The van der Waals surface area contributed by atoms with Crippen molar-refractivity contribution >= 4 is 18.0 Å². The van der Waals surface area contributed by atoms with Crippen molar-refractivity contribution in [3.05, 3.63) is 35.7 Å². The van der Waals surface area contributed by atoms with E-state index in [1.165, 1.54) is 12.3 Å². The van der Waals surface area contributed by atoms with Crippen LogP contribution in [0.4, 0.5) is 0 Å². The van der Waals surface area contributed by atoms with Crippen molar-refractivity contribution in [2.75, 3.05) is 6.54 Å². The van der Waals surface area contributed by atoms with Crippen molar-refractivity contribution < 1.29 is 14.7 Å². The highest BCUT2D eigenvalue weighted by Gasteiger charge is 2.45. The number of carbonyl (C=O) groups is 2. The minimum atomic E-state index is -1.05. The maximum atomic E-state index is 12.3. The first-order chi connectivity index (χ1) is 9.94. The zero-order valence-corrected chi connectivity index (χ0v) is 12.3. The highest BCUT2D eigenvalue weighted by Crippen LogP contribution is 2.51. The Balaban J connectivity index is 2.07. The number of amides is 1. The quantitative estimate of drug-likeness (QED) is 0.787. The summed E-state index contributed by atoms with van der Waals surface area (Å²) in [6.07, 6.45) is 6.20. The van der Waals surface area contributed by atoms with Crippen LogP contribution < -0.4 is 5.32 Å². The van der Waals surface area contributed by atoms with Gasteiger partial charge in [-0.2, -0.15) is 0 Å². The van der Waals surface area contributed by atoms with E-state index in [0.717, 1.165) is 18.9 Å². The molecule has 1 aliphatic rings. The van der Waals surface area contributed by atoms with Crippen molar-refractivity contribution in [1.29, 1.82) is 0 Å². The summed E-state index contributed by atoms with van der Waals surface area (Å²) in [6.45, 7) is 4.98. The van der Waals surface area contributed by atoms with E-state index in [9.17, 15) is 9.59 Å². The summed E-state index contributed by atoms with van der Waals surface area (Å²) in [7, 11) is 0. The molecule has 0 spiro atoms. The Morgan fingerprint density at radius 2 is 2.19 bits per heavy atom. The molecule has 0 bridgehead atoms. The van der Waals surface area contributed by atoms with Gasteiger partial charge in [0.25, 0.3) is 5.91 Å². The molecular weight excluding hydrogens is 268 g/mol. The van der Waals surface area contributed by atoms with E-state index in [2.05, 4.69) is 24.1 Å². The summed E-state index contributed by atoms with van der Waals surface area (Å²) < 4.78 is 0. The van der Waals surface area contributed by atoms with Crippen LogP contribution in [-0.4, -0.2) is 28.5 Å². The molecule has 2 rings (SSSR count). The number of aliphatic carboxylic acids is 1. The topological polar surface area (TPSA) is 79.3 Å². The van der Waals surface area contributed by atoms with Crippen LogP contribution in [0, 0.1) is 11.3 Å². The molecule has 5 heteroatoms. The van der Waals surface area contributed by atoms with Gasteiger partial charge in [0.2, 0.25) is 0 Å². The second kappa shape index (κ2) is 6.08. The lowest BCUT2D eigenvalue weighted by atomic mass is 9.92. The maximum absolute atomic E-state index is 12.3. The average molecular weight is 288 g/mol. The van der Waals surface area contributed by atoms with Crippen LogP contribution in [0.25, 0.3) is 6.08 Å². The van der Waals surface area contributed by atoms with Gasteiger partial charge in [0, 0.05) is 24.4 Å². The SMILES string of the molecule is CC(C)C1(CNC(=O)c2ncccc2/C=C/C(=O)O)CC1. The average Bonchev–Trinajstić information content (AvgIpc) is 3.24. The Kier molecular flexibility index (Phi) is 4.40. The van der Waals surface area contributed by atoms with Gasteiger partial charge in [-0.15, -0.1) is 0 Å². The Hall–Kier alpha value is -2.17. The van der Waals surface area contributed by atoms with Crippen LogP contribution in [0.15, 0.2) is 24.4 Å². The van der Waals surface area contributed by atoms with Gasteiger partial charge in [0.05, 0.1) is 0 Å². The van der Waals surface area contributed by atoms with Gasteiger partial charge in [-0.05, 0) is 36.3 Å². The summed E-state index contributed by atoms with van der Waals surface area (Å²) >= 11 is 0. The second-order valence-electron chi connectivity index (χ2n) is 5.81. The molecule has 21 heavy (non-hydrogen) atoms. The zero-order valence-electron chi connectivity index (χ0n) is 12.3. The molecule has 1 fully saturated rings. The maximum Gasteiger partial charge on any atom is 0.328 e. The standard InChI is InChI=1S/C16H20N2O3/c1-11(2)16(7-8-16)10-18-15(21)14-12(4-3-9-17-14)5-6-13(19)20/h3-6,9,11H,7-8,10H2,1-2H3,(H,18,21)(H,19,20)/b6-5+. The molecule has 0 radical (unpaired) electrons. The number of aromatic nitrogens is 1. The Bertz CT molecular complexity index is 575. The second-order valence-corrected chi connectivity index (χ2v) is 5.81. The van der Waals surface area contributed by atoms with Gasteiger partial charge >= 0.3 is 5.97 Å². The fourth-order valence-corrected chi connectivity index (χ4v) is 2.36. The van der Waals surface area contributed by atoms with Crippen LogP contribution in [0.5, 0.6) is 0 Å². The van der Waals surface area contributed by atoms with E-state index in [0.29, 0.717) is 18.0 Å². The zero-order chi connectivity index (χ0) is 15.5. The van der Waals surface area contributed by atoms with Crippen LogP contribution in [0.2, 0.25) is 0 Å². The van der Waals surface area contributed by atoms with Crippen molar-refractivity contribution in [1.82, 2.24) is 10.3 Å². The van der Waals surface area contributed by atoms with E-state index in [-0.39, 0.29) is 17.0 Å². The predicted octanol–water partition coefficient (Wildman–Crippen LogP) is 2.35. The van der Waals surface area contributed by atoms with E-state index in [4.69, 9.17) is 5.11 Å². The molecular formula is C16H20N2O3. The first kappa shape index (κ1) is 15.2. The van der Waals surface area contributed by atoms with Crippen LogP contribution >= 0.6 is 0 Å². The molecule has 0 aliphatic heterocycles. The van der Waals surface area contributed by atoms with Crippen LogP contribution in [-0.2, 0) is 4.79 Å². The minimum absolute atomic E-state index is 0.224.